The Hall–Kier alpha value is -3.78. The number of anilines is 1. The third-order valence-electron chi connectivity index (χ3n) is 4.54. The molecule has 0 aliphatic heterocycles. The van der Waals surface area contributed by atoms with Gasteiger partial charge in [-0.1, -0.05) is 41.7 Å². The number of imide groups is 1. The van der Waals surface area contributed by atoms with Crippen LogP contribution >= 0.6 is 11.3 Å². The maximum Gasteiger partial charge on any atom is 0.330 e. The first-order chi connectivity index (χ1) is 14.6. The molecular formula is C22H18N4O3S. The second kappa shape index (κ2) is 8.30. The predicted octanol–water partition coefficient (Wildman–Crippen LogP) is 4.67. The number of nitrogens with one attached hydrogen (secondary N) is 1. The van der Waals surface area contributed by atoms with Crippen LogP contribution in [-0.2, 0) is 0 Å². The van der Waals surface area contributed by atoms with Crippen molar-refractivity contribution in [2.24, 2.45) is 0 Å². The van der Waals surface area contributed by atoms with Crippen LogP contribution in [0, 0.1) is 0 Å². The summed E-state index contributed by atoms with van der Waals surface area (Å²) >= 11 is 1.33. The molecule has 150 valence electrons. The van der Waals surface area contributed by atoms with Crippen LogP contribution in [0.1, 0.15) is 10.4 Å². The van der Waals surface area contributed by atoms with Crippen LogP contribution in [0.25, 0.3) is 21.3 Å². The van der Waals surface area contributed by atoms with E-state index in [0.717, 1.165) is 20.7 Å². The zero-order valence-electron chi connectivity index (χ0n) is 16.3. The number of amides is 3. The molecule has 2 aromatic heterocycles. The van der Waals surface area contributed by atoms with Crippen molar-refractivity contribution in [3.63, 3.8) is 0 Å². The van der Waals surface area contributed by atoms with Crippen molar-refractivity contribution in [2.45, 2.75) is 0 Å². The van der Waals surface area contributed by atoms with Crippen molar-refractivity contribution in [2.75, 3.05) is 19.5 Å². The van der Waals surface area contributed by atoms with E-state index in [4.69, 9.17) is 4.74 Å². The fourth-order valence-electron chi connectivity index (χ4n) is 3.00. The molecule has 0 aliphatic carbocycles. The highest BCUT2D eigenvalue weighted by Crippen LogP contribution is 2.39. The van der Waals surface area contributed by atoms with Gasteiger partial charge in [0.15, 0.2) is 5.13 Å². The van der Waals surface area contributed by atoms with Gasteiger partial charge in [0.25, 0.3) is 5.91 Å². The van der Waals surface area contributed by atoms with Crippen LogP contribution in [0.4, 0.5) is 9.93 Å². The Labute approximate surface area is 177 Å². The van der Waals surface area contributed by atoms with Gasteiger partial charge in [0.2, 0.25) is 0 Å². The van der Waals surface area contributed by atoms with Gasteiger partial charge < -0.3 is 4.74 Å². The van der Waals surface area contributed by atoms with Crippen molar-refractivity contribution in [1.29, 1.82) is 0 Å². The molecule has 0 aliphatic rings. The number of carbonyl (C=O) groups is 2. The molecule has 0 fully saturated rings. The third kappa shape index (κ3) is 3.72. The van der Waals surface area contributed by atoms with E-state index in [2.05, 4.69) is 15.3 Å². The van der Waals surface area contributed by atoms with Gasteiger partial charge in [-0.2, -0.15) is 0 Å². The van der Waals surface area contributed by atoms with Gasteiger partial charge >= 0.3 is 6.03 Å². The Morgan fingerprint density at radius 3 is 2.57 bits per heavy atom. The van der Waals surface area contributed by atoms with E-state index in [9.17, 15) is 9.59 Å². The fourth-order valence-corrected chi connectivity index (χ4v) is 4.00. The number of ether oxygens (including phenoxy) is 1. The number of hydrogen-bond acceptors (Lipinski definition) is 6. The molecule has 0 saturated carbocycles. The first-order valence-corrected chi connectivity index (χ1v) is 9.92. The van der Waals surface area contributed by atoms with Crippen molar-refractivity contribution in [1.82, 2.24) is 14.9 Å². The average Bonchev–Trinajstić information content (AvgIpc) is 3.22. The number of thiazole rings is 1. The minimum absolute atomic E-state index is 0.326. The molecule has 30 heavy (non-hydrogen) atoms. The molecule has 0 bridgehead atoms. The first kappa shape index (κ1) is 19.5. The Bertz CT molecular complexity index is 1210. The van der Waals surface area contributed by atoms with Gasteiger partial charge in [0, 0.05) is 25.0 Å². The number of methoxy groups -OCH3 is 1. The van der Waals surface area contributed by atoms with Crippen LogP contribution in [0.5, 0.6) is 5.75 Å². The second-order valence-corrected chi connectivity index (χ2v) is 7.41. The van der Waals surface area contributed by atoms with E-state index in [1.54, 1.807) is 25.4 Å². The quantitative estimate of drug-likeness (QED) is 0.521. The molecule has 0 unspecified atom stereocenters. The molecule has 0 saturated heterocycles. The van der Waals surface area contributed by atoms with Crippen molar-refractivity contribution >= 4 is 38.6 Å². The summed E-state index contributed by atoms with van der Waals surface area (Å²) in [7, 11) is 2.99. The molecule has 0 radical (unpaired) electrons. The SMILES string of the molecule is COc1ccc(-c2ccccc2)c2sc(NC(=O)N(C)C(=O)c3cccnc3)nc12. The predicted molar refractivity (Wildman–Crippen MR) is 117 cm³/mol. The first-order valence-electron chi connectivity index (χ1n) is 9.10. The lowest BCUT2D eigenvalue weighted by molar-refractivity contribution is 0.0840. The van der Waals surface area contributed by atoms with E-state index < -0.39 is 11.9 Å². The molecule has 0 atom stereocenters. The minimum Gasteiger partial charge on any atom is -0.494 e. The van der Waals surface area contributed by atoms with Crippen molar-refractivity contribution in [3.05, 3.63) is 72.6 Å². The van der Waals surface area contributed by atoms with E-state index in [1.165, 1.54) is 24.6 Å². The number of fused-ring (bicyclic) bond motifs is 1. The molecule has 4 aromatic rings. The van der Waals surface area contributed by atoms with Gasteiger partial charge in [-0.3, -0.25) is 20.0 Å². The number of aromatic nitrogens is 2. The van der Waals surface area contributed by atoms with Crippen LogP contribution in [-0.4, -0.2) is 41.0 Å². The Morgan fingerprint density at radius 1 is 1.07 bits per heavy atom. The second-order valence-electron chi connectivity index (χ2n) is 6.41. The summed E-state index contributed by atoms with van der Waals surface area (Å²) in [6.07, 6.45) is 2.98. The molecule has 1 N–H and O–H groups in total. The number of benzene rings is 2. The topological polar surface area (TPSA) is 84.4 Å². The van der Waals surface area contributed by atoms with Crippen molar-refractivity contribution in [3.8, 4) is 16.9 Å². The van der Waals surface area contributed by atoms with Gasteiger partial charge in [-0.15, -0.1) is 0 Å². The molecule has 2 aromatic carbocycles. The van der Waals surface area contributed by atoms with Crippen LogP contribution < -0.4 is 10.1 Å². The standard InChI is InChI=1S/C22H18N4O3S/c1-26(20(27)15-9-6-12-23-13-15)22(28)25-21-24-18-17(29-2)11-10-16(19(18)30-21)14-7-4-3-5-8-14/h3-13H,1-2H3,(H,24,25,28). The van der Waals surface area contributed by atoms with Crippen LogP contribution in [0.2, 0.25) is 0 Å². The lowest BCUT2D eigenvalue weighted by Crippen LogP contribution is -2.36. The van der Waals surface area contributed by atoms with Gasteiger partial charge in [-0.25, -0.2) is 9.78 Å². The number of pyridine rings is 1. The largest absolute Gasteiger partial charge is 0.494 e. The van der Waals surface area contributed by atoms with Crippen molar-refractivity contribution < 1.29 is 14.3 Å². The molecule has 8 heteroatoms. The normalized spacial score (nSPS) is 10.6. The number of hydrogen-bond donors (Lipinski definition) is 1. The average molecular weight is 418 g/mol. The maximum atomic E-state index is 12.6. The number of nitrogens with zero attached hydrogens (tertiary/aromatic N) is 3. The Morgan fingerprint density at radius 2 is 1.87 bits per heavy atom. The molecule has 4 rings (SSSR count). The fraction of sp³-hybridized carbons (Fsp3) is 0.0909. The molecule has 2 heterocycles. The lowest BCUT2D eigenvalue weighted by Gasteiger charge is -2.14. The minimum atomic E-state index is -0.580. The molecule has 3 amide bonds. The maximum absolute atomic E-state index is 12.6. The van der Waals surface area contributed by atoms with E-state index >= 15 is 0 Å². The smallest absolute Gasteiger partial charge is 0.330 e. The molecular weight excluding hydrogens is 400 g/mol. The third-order valence-corrected chi connectivity index (χ3v) is 5.55. The summed E-state index contributed by atoms with van der Waals surface area (Å²) in [6, 6.07) is 16.4. The Balaban J connectivity index is 1.65. The van der Waals surface area contributed by atoms with Crippen LogP contribution in [0.15, 0.2) is 67.0 Å². The summed E-state index contributed by atoms with van der Waals surface area (Å²) in [6.45, 7) is 0. The van der Waals surface area contributed by atoms with Gasteiger partial charge in [0.05, 0.1) is 17.4 Å². The van der Waals surface area contributed by atoms with Crippen LogP contribution in [0.3, 0.4) is 0 Å². The summed E-state index contributed by atoms with van der Waals surface area (Å²) < 4.78 is 6.33. The number of urea groups is 1. The van der Waals surface area contributed by atoms with Gasteiger partial charge in [-0.05, 0) is 29.8 Å². The van der Waals surface area contributed by atoms with Gasteiger partial charge in [0.1, 0.15) is 11.3 Å². The summed E-state index contributed by atoms with van der Waals surface area (Å²) in [5, 5.41) is 3.09. The zero-order chi connectivity index (χ0) is 21.1. The summed E-state index contributed by atoms with van der Waals surface area (Å²) in [5.41, 5.74) is 3.01. The highest BCUT2D eigenvalue weighted by molar-refractivity contribution is 7.23. The van der Waals surface area contributed by atoms with E-state index in [0.29, 0.717) is 22.0 Å². The summed E-state index contributed by atoms with van der Waals surface area (Å²) in [5.74, 6) is 0.158. The summed E-state index contributed by atoms with van der Waals surface area (Å²) in [4.78, 5) is 34.5. The number of rotatable bonds is 4. The Kier molecular flexibility index (Phi) is 5.40. The lowest BCUT2D eigenvalue weighted by atomic mass is 10.1. The van der Waals surface area contributed by atoms with E-state index in [-0.39, 0.29) is 0 Å². The van der Waals surface area contributed by atoms with E-state index in [1.807, 2.05) is 42.5 Å². The zero-order valence-corrected chi connectivity index (χ0v) is 17.1. The monoisotopic (exact) mass is 418 g/mol. The molecule has 0 spiro atoms. The highest BCUT2D eigenvalue weighted by atomic mass is 32.1. The molecule has 7 nitrogen and oxygen atoms in total. The highest BCUT2D eigenvalue weighted by Gasteiger charge is 2.21. The number of carbonyl (C=O) groups excluding carboxylic acids is 2.